The first-order valence-electron chi connectivity index (χ1n) is 4.97. The summed E-state index contributed by atoms with van der Waals surface area (Å²) in [6.07, 6.45) is 4.33. The van der Waals surface area contributed by atoms with E-state index in [1.54, 1.807) is 0 Å². The molecule has 2 atom stereocenters. The topological polar surface area (TPSA) is 12.0 Å². The number of hydrogen-bond acceptors (Lipinski definition) is 1. The van der Waals surface area contributed by atoms with Crippen LogP contribution in [0.25, 0.3) is 0 Å². The van der Waals surface area contributed by atoms with Crippen LogP contribution in [-0.4, -0.2) is 12.6 Å². The largest absolute Gasteiger partial charge is 0.315 e. The molecular weight excluding hydrogens is 134 g/mol. The molecule has 1 heteroatoms. The molecule has 1 aliphatic rings. The van der Waals surface area contributed by atoms with Crippen LogP contribution in [0.4, 0.5) is 0 Å². The van der Waals surface area contributed by atoms with E-state index in [9.17, 15) is 0 Å². The molecule has 2 unspecified atom stereocenters. The summed E-state index contributed by atoms with van der Waals surface area (Å²) in [5.74, 6) is 2.01. The van der Waals surface area contributed by atoms with Crippen molar-refractivity contribution < 1.29 is 0 Å². The van der Waals surface area contributed by atoms with Gasteiger partial charge in [0, 0.05) is 6.04 Å². The van der Waals surface area contributed by atoms with E-state index in [0.717, 1.165) is 24.4 Å². The zero-order valence-corrected chi connectivity index (χ0v) is 8.06. The third-order valence-electron chi connectivity index (χ3n) is 2.70. The summed E-state index contributed by atoms with van der Waals surface area (Å²) in [7, 11) is 0. The van der Waals surface area contributed by atoms with Crippen molar-refractivity contribution in [2.45, 2.75) is 46.1 Å². The van der Waals surface area contributed by atoms with Crippen molar-refractivity contribution in [1.82, 2.24) is 5.32 Å². The van der Waals surface area contributed by atoms with Crippen LogP contribution in [0.15, 0.2) is 0 Å². The Morgan fingerprint density at radius 2 is 2.00 bits per heavy atom. The first-order chi connectivity index (χ1) is 5.24. The zero-order valence-electron chi connectivity index (χ0n) is 8.06. The predicted octanol–water partition coefficient (Wildman–Crippen LogP) is 2.42. The van der Waals surface area contributed by atoms with Gasteiger partial charge in [0.1, 0.15) is 0 Å². The maximum Gasteiger partial charge on any atom is 0.00412 e. The standard InChI is InChI=1S/C10H21N/c1-4-11-9(3)7-8(2)10-5-6-10/h8-11H,4-7H2,1-3H3. The van der Waals surface area contributed by atoms with Crippen molar-refractivity contribution >= 4 is 0 Å². The van der Waals surface area contributed by atoms with Crippen molar-refractivity contribution in [3.63, 3.8) is 0 Å². The molecule has 0 heterocycles. The molecule has 11 heavy (non-hydrogen) atoms. The van der Waals surface area contributed by atoms with E-state index in [-0.39, 0.29) is 0 Å². The second kappa shape index (κ2) is 4.10. The Labute approximate surface area is 70.6 Å². The normalized spacial score (nSPS) is 23.2. The summed E-state index contributed by atoms with van der Waals surface area (Å²) in [5.41, 5.74) is 0. The van der Waals surface area contributed by atoms with Crippen molar-refractivity contribution in [2.24, 2.45) is 11.8 Å². The van der Waals surface area contributed by atoms with Gasteiger partial charge in [0.2, 0.25) is 0 Å². The monoisotopic (exact) mass is 155 g/mol. The van der Waals surface area contributed by atoms with E-state index in [0.29, 0.717) is 0 Å². The Morgan fingerprint density at radius 3 is 2.45 bits per heavy atom. The first kappa shape index (κ1) is 9.05. The van der Waals surface area contributed by atoms with Gasteiger partial charge in [0.15, 0.2) is 0 Å². The molecular formula is C10H21N. The van der Waals surface area contributed by atoms with E-state index in [1.165, 1.54) is 19.3 Å². The smallest absolute Gasteiger partial charge is 0.00412 e. The molecule has 0 aliphatic heterocycles. The van der Waals surface area contributed by atoms with Gasteiger partial charge >= 0.3 is 0 Å². The molecule has 0 saturated heterocycles. The lowest BCUT2D eigenvalue weighted by atomic mass is 9.98. The molecule has 0 aromatic carbocycles. The van der Waals surface area contributed by atoms with E-state index < -0.39 is 0 Å². The predicted molar refractivity (Wildman–Crippen MR) is 49.6 cm³/mol. The van der Waals surface area contributed by atoms with Gasteiger partial charge in [-0.2, -0.15) is 0 Å². The maximum atomic E-state index is 3.46. The second-order valence-electron chi connectivity index (χ2n) is 4.01. The van der Waals surface area contributed by atoms with Gasteiger partial charge in [0.05, 0.1) is 0 Å². The molecule has 0 aromatic rings. The van der Waals surface area contributed by atoms with Gasteiger partial charge in [-0.15, -0.1) is 0 Å². The van der Waals surface area contributed by atoms with Gasteiger partial charge < -0.3 is 5.32 Å². The average Bonchev–Trinajstić information content (AvgIpc) is 2.67. The van der Waals surface area contributed by atoms with Crippen LogP contribution < -0.4 is 5.32 Å². The highest BCUT2D eigenvalue weighted by atomic mass is 14.9. The van der Waals surface area contributed by atoms with Crippen molar-refractivity contribution in [2.75, 3.05) is 6.54 Å². The minimum atomic E-state index is 0.718. The lowest BCUT2D eigenvalue weighted by Gasteiger charge is -2.16. The van der Waals surface area contributed by atoms with E-state index in [1.807, 2.05) is 0 Å². The fourth-order valence-corrected chi connectivity index (χ4v) is 1.85. The Kier molecular flexibility index (Phi) is 3.38. The molecule has 1 saturated carbocycles. The Balaban J connectivity index is 2.07. The van der Waals surface area contributed by atoms with E-state index >= 15 is 0 Å². The van der Waals surface area contributed by atoms with Gasteiger partial charge in [-0.3, -0.25) is 0 Å². The average molecular weight is 155 g/mol. The Hall–Kier alpha value is -0.0400. The fraction of sp³-hybridized carbons (Fsp3) is 1.00. The van der Waals surface area contributed by atoms with Crippen LogP contribution in [0.2, 0.25) is 0 Å². The molecule has 0 aromatic heterocycles. The molecule has 1 fully saturated rings. The zero-order chi connectivity index (χ0) is 8.27. The summed E-state index contributed by atoms with van der Waals surface area (Å²) >= 11 is 0. The summed E-state index contributed by atoms with van der Waals surface area (Å²) in [6, 6.07) is 0.718. The minimum absolute atomic E-state index is 0.718. The van der Waals surface area contributed by atoms with Crippen LogP contribution >= 0.6 is 0 Å². The quantitative estimate of drug-likeness (QED) is 0.643. The van der Waals surface area contributed by atoms with Crippen LogP contribution in [0.5, 0.6) is 0 Å². The third-order valence-corrected chi connectivity index (χ3v) is 2.70. The van der Waals surface area contributed by atoms with Crippen LogP contribution in [0.3, 0.4) is 0 Å². The highest BCUT2D eigenvalue weighted by molar-refractivity contribution is 4.80. The van der Waals surface area contributed by atoms with E-state index in [4.69, 9.17) is 0 Å². The summed E-state index contributed by atoms with van der Waals surface area (Å²) in [4.78, 5) is 0. The fourth-order valence-electron chi connectivity index (χ4n) is 1.85. The summed E-state index contributed by atoms with van der Waals surface area (Å²) in [5, 5.41) is 3.46. The van der Waals surface area contributed by atoms with Gasteiger partial charge in [-0.1, -0.05) is 13.8 Å². The van der Waals surface area contributed by atoms with Crippen molar-refractivity contribution in [3.8, 4) is 0 Å². The molecule has 0 spiro atoms. The lowest BCUT2D eigenvalue weighted by Crippen LogP contribution is -2.27. The van der Waals surface area contributed by atoms with Gasteiger partial charge in [-0.25, -0.2) is 0 Å². The minimum Gasteiger partial charge on any atom is -0.315 e. The molecule has 66 valence electrons. The van der Waals surface area contributed by atoms with Crippen LogP contribution in [0, 0.1) is 11.8 Å². The van der Waals surface area contributed by atoms with E-state index in [2.05, 4.69) is 26.1 Å². The van der Waals surface area contributed by atoms with Crippen LogP contribution in [-0.2, 0) is 0 Å². The highest BCUT2D eigenvalue weighted by Crippen LogP contribution is 2.38. The van der Waals surface area contributed by atoms with Crippen molar-refractivity contribution in [3.05, 3.63) is 0 Å². The Bertz CT molecular complexity index is 107. The van der Waals surface area contributed by atoms with Gasteiger partial charge in [-0.05, 0) is 44.6 Å². The summed E-state index contributed by atoms with van der Waals surface area (Å²) in [6.45, 7) is 7.98. The van der Waals surface area contributed by atoms with Crippen molar-refractivity contribution in [1.29, 1.82) is 0 Å². The third kappa shape index (κ3) is 3.24. The first-order valence-corrected chi connectivity index (χ1v) is 4.97. The molecule has 1 aliphatic carbocycles. The van der Waals surface area contributed by atoms with Gasteiger partial charge in [0.25, 0.3) is 0 Å². The summed E-state index contributed by atoms with van der Waals surface area (Å²) < 4.78 is 0. The molecule has 0 radical (unpaired) electrons. The SMILES string of the molecule is CCNC(C)CC(C)C1CC1. The molecule has 0 amide bonds. The molecule has 1 nitrogen and oxygen atoms in total. The highest BCUT2D eigenvalue weighted by Gasteiger charge is 2.28. The maximum absolute atomic E-state index is 3.46. The number of nitrogens with one attached hydrogen (secondary N) is 1. The molecule has 1 rings (SSSR count). The second-order valence-corrected chi connectivity index (χ2v) is 4.01. The molecule has 0 bridgehead atoms. The number of rotatable bonds is 5. The molecule has 1 N–H and O–H groups in total. The van der Waals surface area contributed by atoms with Crippen LogP contribution in [0.1, 0.15) is 40.0 Å². The Morgan fingerprint density at radius 1 is 1.36 bits per heavy atom. The lowest BCUT2D eigenvalue weighted by molar-refractivity contribution is 0.393. The number of hydrogen-bond donors (Lipinski definition) is 1.